The molecular formula is C16H27ClN2O2. The molecule has 0 saturated heterocycles. The third-order valence-corrected chi connectivity index (χ3v) is 3.81. The van der Waals surface area contributed by atoms with E-state index in [2.05, 4.69) is 19.9 Å². The standard InChI is InChI=1S/C16H26N2O2.ClH/c1-5-12(2)14-8-6-7-9-15(14)20-11-16(19)18(4)13(3)10-17;/h6-9,12-13H,5,10-11,17H2,1-4H3;1H. The van der Waals surface area contributed by atoms with Gasteiger partial charge in [-0.25, -0.2) is 0 Å². The average Bonchev–Trinajstić information content (AvgIpc) is 2.50. The number of hydrogen-bond donors (Lipinski definition) is 1. The lowest BCUT2D eigenvalue weighted by Gasteiger charge is -2.24. The van der Waals surface area contributed by atoms with Gasteiger partial charge in [-0.3, -0.25) is 4.79 Å². The van der Waals surface area contributed by atoms with Crippen molar-refractivity contribution in [1.82, 2.24) is 4.90 Å². The predicted octanol–water partition coefficient (Wildman–Crippen LogP) is 2.81. The van der Waals surface area contributed by atoms with Gasteiger partial charge in [-0.2, -0.15) is 0 Å². The fourth-order valence-corrected chi connectivity index (χ4v) is 1.88. The number of halogens is 1. The Morgan fingerprint density at radius 1 is 1.33 bits per heavy atom. The summed E-state index contributed by atoms with van der Waals surface area (Å²) in [5.74, 6) is 1.16. The van der Waals surface area contributed by atoms with Crippen LogP contribution in [-0.2, 0) is 4.79 Å². The van der Waals surface area contributed by atoms with Crippen LogP contribution in [0.2, 0.25) is 0 Å². The van der Waals surface area contributed by atoms with E-state index in [4.69, 9.17) is 10.5 Å². The summed E-state index contributed by atoms with van der Waals surface area (Å²) in [6.07, 6.45) is 1.04. The van der Waals surface area contributed by atoms with Gasteiger partial charge in [-0.15, -0.1) is 12.4 Å². The SMILES string of the molecule is CCC(C)c1ccccc1OCC(=O)N(C)C(C)CN.Cl. The molecule has 1 rings (SSSR count). The summed E-state index contributed by atoms with van der Waals surface area (Å²) >= 11 is 0. The zero-order chi connectivity index (χ0) is 15.1. The van der Waals surface area contributed by atoms with Crippen LogP contribution >= 0.6 is 12.4 Å². The van der Waals surface area contributed by atoms with Crippen molar-refractivity contribution in [3.05, 3.63) is 29.8 Å². The number of benzene rings is 1. The van der Waals surface area contributed by atoms with Crippen LogP contribution in [0, 0.1) is 0 Å². The first-order chi connectivity index (χ1) is 9.51. The number of carbonyl (C=O) groups excluding carboxylic acids is 1. The molecule has 2 N–H and O–H groups in total. The highest BCUT2D eigenvalue weighted by atomic mass is 35.5. The van der Waals surface area contributed by atoms with Crippen molar-refractivity contribution < 1.29 is 9.53 Å². The highest BCUT2D eigenvalue weighted by Gasteiger charge is 2.16. The molecule has 21 heavy (non-hydrogen) atoms. The normalized spacial score (nSPS) is 13.0. The van der Waals surface area contributed by atoms with Gasteiger partial charge in [0.25, 0.3) is 5.91 Å². The van der Waals surface area contributed by atoms with Crippen LogP contribution in [0.4, 0.5) is 0 Å². The van der Waals surface area contributed by atoms with Crippen molar-refractivity contribution in [2.24, 2.45) is 5.73 Å². The van der Waals surface area contributed by atoms with Gasteiger partial charge >= 0.3 is 0 Å². The first-order valence-electron chi connectivity index (χ1n) is 7.18. The Bertz CT molecular complexity index is 440. The first kappa shape index (κ1) is 19.7. The molecule has 1 aromatic carbocycles. The van der Waals surface area contributed by atoms with Crippen LogP contribution < -0.4 is 10.5 Å². The summed E-state index contributed by atoms with van der Waals surface area (Å²) in [4.78, 5) is 13.6. The molecular weight excluding hydrogens is 288 g/mol. The lowest BCUT2D eigenvalue weighted by atomic mass is 9.98. The molecule has 2 atom stereocenters. The largest absolute Gasteiger partial charge is 0.483 e. The lowest BCUT2D eigenvalue weighted by molar-refractivity contribution is -0.133. The second-order valence-electron chi connectivity index (χ2n) is 5.23. The summed E-state index contributed by atoms with van der Waals surface area (Å²) in [5.41, 5.74) is 6.72. The predicted molar refractivity (Wildman–Crippen MR) is 89.2 cm³/mol. The highest BCUT2D eigenvalue weighted by molar-refractivity contribution is 5.85. The maximum Gasteiger partial charge on any atom is 0.260 e. The molecule has 0 saturated carbocycles. The van der Waals surface area contributed by atoms with E-state index in [9.17, 15) is 4.79 Å². The van der Waals surface area contributed by atoms with E-state index in [1.165, 1.54) is 0 Å². The minimum absolute atomic E-state index is 0. The van der Waals surface area contributed by atoms with Crippen molar-refractivity contribution in [3.8, 4) is 5.75 Å². The van der Waals surface area contributed by atoms with Crippen LogP contribution in [0.1, 0.15) is 38.7 Å². The number of amides is 1. The van der Waals surface area contributed by atoms with Gasteiger partial charge in [0, 0.05) is 19.6 Å². The van der Waals surface area contributed by atoms with E-state index < -0.39 is 0 Å². The Kier molecular flexibility index (Phi) is 9.06. The molecule has 0 aromatic heterocycles. The maximum absolute atomic E-state index is 12.0. The lowest BCUT2D eigenvalue weighted by Crippen LogP contribution is -2.42. The van der Waals surface area contributed by atoms with Crippen LogP contribution in [0.3, 0.4) is 0 Å². The average molecular weight is 315 g/mol. The van der Waals surface area contributed by atoms with E-state index in [0.717, 1.165) is 17.7 Å². The van der Waals surface area contributed by atoms with E-state index in [1.807, 2.05) is 25.1 Å². The molecule has 5 heteroatoms. The van der Waals surface area contributed by atoms with Gasteiger partial charge in [0.2, 0.25) is 0 Å². The number of nitrogens with two attached hydrogens (primary N) is 1. The number of para-hydroxylation sites is 1. The topological polar surface area (TPSA) is 55.6 Å². The second-order valence-corrected chi connectivity index (χ2v) is 5.23. The molecule has 4 nitrogen and oxygen atoms in total. The van der Waals surface area contributed by atoms with Gasteiger partial charge in [0.15, 0.2) is 6.61 Å². The van der Waals surface area contributed by atoms with Crippen molar-refractivity contribution in [2.45, 2.75) is 39.2 Å². The number of nitrogens with zero attached hydrogens (tertiary/aromatic N) is 1. The Morgan fingerprint density at radius 2 is 1.95 bits per heavy atom. The van der Waals surface area contributed by atoms with E-state index in [0.29, 0.717) is 12.5 Å². The molecule has 0 fully saturated rings. The molecule has 0 aliphatic carbocycles. The monoisotopic (exact) mass is 314 g/mol. The van der Waals surface area contributed by atoms with Crippen LogP contribution in [0.15, 0.2) is 24.3 Å². The molecule has 120 valence electrons. The first-order valence-corrected chi connectivity index (χ1v) is 7.18. The molecule has 0 aliphatic rings. The summed E-state index contributed by atoms with van der Waals surface area (Å²) < 4.78 is 5.71. The van der Waals surface area contributed by atoms with E-state index in [-0.39, 0.29) is 31.0 Å². The smallest absolute Gasteiger partial charge is 0.260 e. The van der Waals surface area contributed by atoms with Crippen LogP contribution in [0.25, 0.3) is 0 Å². The number of ether oxygens (including phenoxy) is 1. The summed E-state index contributed by atoms with van der Waals surface area (Å²) in [7, 11) is 1.75. The molecule has 1 amide bonds. The van der Waals surface area contributed by atoms with Crippen molar-refractivity contribution >= 4 is 18.3 Å². The number of carbonyl (C=O) groups is 1. The molecule has 0 radical (unpaired) electrons. The van der Waals surface area contributed by atoms with Gasteiger partial charge in [-0.05, 0) is 30.9 Å². The van der Waals surface area contributed by atoms with E-state index >= 15 is 0 Å². The van der Waals surface area contributed by atoms with Gasteiger partial charge in [-0.1, -0.05) is 32.0 Å². The Labute approximate surface area is 134 Å². The molecule has 0 aliphatic heterocycles. The second kappa shape index (κ2) is 9.64. The number of hydrogen-bond acceptors (Lipinski definition) is 3. The van der Waals surface area contributed by atoms with Crippen LogP contribution in [0.5, 0.6) is 5.75 Å². The minimum Gasteiger partial charge on any atom is -0.483 e. The minimum atomic E-state index is -0.0538. The molecule has 0 spiro atoms. The van der Waals surface area contributed by atoms with Crippen molar-refractivity contribution in [3.63, 3.8) is 0 Å². The Hall–Kier alpha value is -1.26. The summed E-state index contributed by atoms with van der Waals surface area (Å²) in [5, 5.41) is 0. The number of likely N-dealkylation sites (N-methyl/N-ethyl adjacent to an activating group) is 1. The van der Waals surface area contributed by atoms with Gasteiger partial charge < -0.3 is 15.4 Å². The third kappa shape index (κ3) is 5.56. The molecule has 0 heterocycles. The fourth-order valence-electron chi connectivity index (χ4n) is 1.88. The highest BCUT2D eigenvalue weighted by Crippen LogP contribution is 2.28. The van der Waals surface area contributed by atoms with Crippen LogP contribution in [-0.4, -0.2) is 37.0 Å². The Morgan fingerprint density at radius 3 is 2.52 bits per heavy atom. The fraction of sp³-hybridized carbons (Fsp3) is 0.562. The summed E-state index contributed by atoms with van der Waals surface area (Å²) in [6, 6.07) is 7.92. The number of rotatable bonds is 7. The van der Waals surface area contributed by atoms with Crippen molar-refractivity contribution in [1.29, 1.82) is 0 Å². The molecule has 0 bridgehead atoms. The molecule has 1 aromatic rings. The van der Waals surface area contributed by atoms with Crippen molar-refractivity contribution in [2.75, 3.05) is 20.2 Å². The zero-order valence-corrected chi connectivity index (χ0v) is 14.2. The van der Waals surface area contributed by atoms with E-state index in [1.54, 1.807) is 11.9 Å². The van der Waals surface area contributed by atoms with Gasteiger partial charge in [0.05, 0.1) is 0 Å². The summed E-state index contributed by atoms with van der Waals surface area (Å²) in [6.45, 7) is 6.72. The molecule has 2 unspecified atom stereocenters. The zero-order valence-electron chi connectivity index (χ0n) is 13.3. The third-order valence-electron chi connectivity index (χ3n) is 3.81. The quantitative estimate of drug-likeness (QED) is 0.842. The van der Waals surface area contributed by atoms with Gasteiger partial charge in [0.1, 0.15) is 5.75 Å². The Balaban J connectivity index is 0.00000400. The maximum atomic E-state index is 12.0.